The summed E-state index contributed by atoms with van der Waals surface area (Å²) in [6.45, 7) is 17.1. The van der Waals surface area contributed by atoms with E-state index in [1.54, 1.807) is 9.80 Å². The second-order valence-corrected chi connectivity index (χ2v) is 10.2. The van der Waals surface area contributed by atoms with Crippen molar-refractivity contribution in [3.8, 4) is 0 Å². The van der Waals surface area contributed by atoms with Gasteiger partial charge in [-0.15, -0.1) is 0 Å². The summed E-state index contributed by atoms with van der Waals surface area (Å²) < 4.78 is 10.5. The maximum absolute atomic E-state index is 11.7. The molecule has 0 unspecified atom stereocenters. The van der Waals surface area contributed by atoms with Crippen molar-refractivity contribution in [2.24, 2.45) is 11.8 Å². The molecule has 2 N–H and O–H groups in total. The fraction of sp³-hybridized carbons (Fsp3) is 0.909. The maximum atomic E-state index is 11.7. The Morgan fingerprint density at radius 2 is 1.03 bits per heavy atom. The van der Waals surface area contributed by atoms with Crippen LogP contribution in [0.2, 0.25) is 0 Å². The number of likely N-dealkylation sites (tertiary alicyclic amines) is 2. The second-order valence-electron chi connectivity index (χ2n) is 10.2. The highest BCUT2D eigenvalue weighted by molar-refractivity contribution is 5.69. The normalized spacial score (nSPS) is 26.9. The van der Waals surface area contributed by atoms with Crippen molar-refractivity contribution in [1.82, 2.24) is 9.80 Å². The van der Waals surface area contributed by atoms with E-state index in [0.717, 1.165) is 12.8 Å². The third-order valence-electron chi connectivity index (χ3n) is 5.17. The number of amides is 2. The van der Waals surface area contributed by atoms with Crippen molar-refractivity contribution in [1.29, 1.82) is 0 Å². The zero-order valence-corrected chi connectivity index (χ0v) is 20.0. The van der Waals surface area contributed by atoms with E-state index in [9.17, 15) is 19.8 Å². The van der Waals surface area contributed by atoms with E-state index >= 15 is 0 Å². The summed E-state index contributed by atoms with van der Waals surface area (Å²) in [7, 11) is 0. The first-order valence-corrected chi connectivity index (χ1v) is 11.0. The Labute approximate surface area is 181 Å². The van der Waals surface area contributed by atoms with Gasteiger partial charge in [-0.05, 0) is 54.4 Å². The van der Waals surface area contributed by atoms with Crippen LogP contribution >= 0.6 is 0 Å². The van der Waals surface area contributed by atoms with Crippen molar-refractivity contribution in [3.63, 3.8) is 0 Å². The third-order valence-corrected chi connectivity index (χ3v) is 5.17. The summed E-state index contributed by atoms with van der Waals surface area (Å²) in [5.41, 5.74) is -0.932. The van der Waals surface area contributed by atoms with Crippen LogP contribution in [-0.4, -0.2) is 81.8 Å². The topological polar surface area (TPSA) is 99.5 Å². The Morgan fingerprint density at radius 3 is 1.23 bits per heavy atom. The molecule has 0 aromatic heterocycles. The predicted molar refractivity (Wildman–Crippen MR) is 115 cm³/mol. The Morgan fingerprint density at radius 1 is 0.733 bits per heavy atom. The number of β-amino-alcohol motifs (C(OH)–C–C–N with tert-alkyl or cyclic N) is 2. The number of aliphatic hydroxyl groups is 2. The number of rotatable bonds is 2. The number of ether oxygens (including phenoxy) is 2. The molecule has 0 saturated carbocycles. The number of hydrogen-bond donors (Lipinski definition) is 2. The SMILES string of the molecule is CC[C@@H]1CN(C(=O)OC(C)(C)C)C[C@@H]1O.CC[C@H]1CN(C(=O)OC(C)(C)C)C[C@H]1O. The van der Waals surface area contributed by atoms with Gasteiger partial charge in [-0.2, -0.15) is 0 Å². The molecule has 8 heteroatoms. The van der Waals surface area contributed by atoms with Crippen LogP contribution in [0.1, 0.15) is 68.2 Å². The van der Waals surface area contributed by atoms with Crippen molar-refractivity contribution in [2.45, 2.75) is 91.6 Å². The monoisotopic (exact) mass is 430 g/mol. The van der Waals surface area contributed by atoms with Gasteiger partial charge < -0.3 is 29.5 Å². The number of nitrogens with zero attached hydrogens (tertiary/aromatic N) is 2. The molecule has 2 fully saturated rings. The smallest absolute Gasteiger partial charge is 0.410 e. The zero-order chi connectivity index (χ0) is 23.3. The summed E-state index contributed by atoms with van der Waals surface area (Å²) >= 11 is 0. The summed E-state index contributed by atoms with van der Waals surface area (Å²) in [5.74, 6) is 0.384. The third kappa shape index (κ3) is 8.68. The van der Waals surface area contributed by atoms with E-state index in [-0.39, 0.29) is 24.0 Å². The van der Waals surface area contributed by atoms with Crippen LogP contribution in [-0.2, 0) is 9.47 Å². The van der Waals surface area contributed by atoms with Gasteiger partial charge in [-0.1, -0.05) is 13.8 Å². The summed E-state index contributed by atoms with van der Waals surface area (Å²) in [6, 6.07) is 0. The highest BCUT2D eigenvalue weighted by Crippen LogP contribution is 2.23. The molecule has 30 heavy (non-hydrogen) atoms. The summed E-state index contributed by atoms with van der Waals surface area (Å²) in [5, 5.41) is 19.3. The van der Waals surface area contributed by atoms with Gasteiger partial charge in [0.05, 0.1) is 25.3 Å². The van der Waals surface area contributed by atoms with Crippen LogP contribution in [0, 0.1) is 11.8 Å². The van der Waals surface area contributed by atoms with Gasteiger partial charge in [0.25, 0.3) is 0 Å². The second kappa shape index (κ2) is 10.7. The predicted octanol–water partition coefficient (Wildman–Crippen LogP) is 3.25. The lowest BCUT2D eigenvalue weighted by atomic mass is 10.0. The quantitative estimate of drug-likeness (QED) is 0.698. The van der Waals surface area contributed by atoms with E-state index in [0.29, 0.717) is 26.2 Å². The molecule has 2 aliphatic heterocycles. The molecule has 8 nitrogen and oxygen atoms in total. The Hall–Kier alpha value is -1.54. The van der Waals surface area contributed by atoms with Gasteiger partial charge in [0.1, 0.15) is 11.2 Å². The molecule has 2 amide bonds. The van der Waals surface area contributed by atoms with Crippen molar-refractivity contribution >= 4 is 12.2 Å². The molecule has 0 aliphatic carbocycles. The highest BCUT2D eigenvalue weighted by atomic mass is 16.6. The fourth-order valence-electron chi connectivity index (χ4n) is 3.46. The van der Waals surface area contributed by atoms with Crippen LogP contribution in [0.25, 0.3) is 0 Å². The molecule has 176 valence electrons. The lowest BCUT2D eigenvalue weighted by Gasteiger charge is -2.24. The maximum Gasteiger partial charge on any atom is 0.410 e. The van der Waals surface area contributed by atoms with Crippen molar-refractivity contribution < 1.29 is 29.3 Å². The molecule has 4 atom stereocenters. The van der Waals surface area contributed by atoms with Gasteiger partial charge in [0.15, 0.2) is 0 Å². The van der Waals surface area contributed by atoms with Gasteiger partial charge >= 0.3 is 12.2 Å². The van der Waals surface area contributed by atoms with Gasteiger partial charge in [-0.25, -0.2) is 9.59 Å². The van der Waals surface area contributed by atoms with Crippen LogP contribution in [0.4, 0.5) is 9.59 Å². The highest BCUT2D eigenvalue weighted by Gasteiger charge is 2.35. The molecule has 0 radical (unpaired) electrons. The number of aliphatic hydroxyl groups excluding tert-OH is 2. The molecule has 2 aliphatic rings. The first-order chi connectivity index (χ1) is 13.7. The molecular formula is C22H42N2O6. The van der Waals surface area contributed by atoms with Gasteiger partial charge in [-0.3, -0.25) is 0 Å². The standard InChI is InChI=1S/2C11H21NO3/c2*1-5-8-6-12(7-9(8)13)10(14)15-11(2,3)4/h2*8-9,13H,5-7H2,1-4H3/t2*8-,9+/m10/s1. The van der Waals surface area contributed by atoms with Crippen molar-refractivity contribution in [2.75, 3.05) is 26.2 Å². The fourth-order valence-corrected chi connectivity index (χ4v) is 3.46. The number of carbonyl (C=O) groups is 2. The van der Waals surface area contributed by atoms with E-state index in [1.807, 2.05) is 55.4 Å². The average Bonchev–Trinajstić information content (AvgIpc) is 3.15. The molecule has 0 bridgehead atoms. The van der Waals surface area contributed by atoms with Crippen LogP contribution in [0.5, 0.6) is 0 Å². The first kappa shape index (κ1) is 26.5. The van der Waals surface area contributed by atoms with Crippen LogP contribution in [0.3, 0.4) is 0 Å². The summed E-state index contributed by atoms with van der Waals surface area (Å²) in [4.78, 5) is 26.5. The van der Waals surface area contributed by atoms with Crippen LogP contribution in [0.15, 0.2) is 0 Å². The molecule has 2 rings (SSSR count). The molecule has 0 aromatic rings. The molecule has 0 spiro atoms. The molecule has 2 saturated heterocycles. The molecular weight excluding hydrogens is 388 g/mol. The van der Waals surface area contributed by atoms with Crippen LogP contribution < -0.4 is 0 Å². The lowest BCUT2D eigenvalue weighted by molar-refractivity contribution is 0.0261. The average molecular weight is 431 g/mol. The largest absolute Gasteiger partial charge is 0.444 e. The van der Waals surface area contributed by atoms with E-state index in [4.69, 9.17) is 9.47 Å². The zero-order valence-electron chi connectivity index (χ0n) is 20.0. The number of hydrogen-bond acceptors (Lipinski definition) is 6. The van der Waals surface area contributed by atoms with E-state index in [1.165, 1.54) is 0 Å². The van der Waals surface area contributed by atoms with Gasteiger partial charge in [0, 0.05) is 24.9 Å². The molecule has 2 heterocycles. The Kier molecular flexibility index (Phi) is 9.42. The Bertz CT molecular complexity index is 519. The minimum Gasteiger partial charge on any atom is -0.444 e. The lowest BCUT2D eigenvalue weighted by Crippen LogP contribution is -2.35. The van der Waals surface area contributed by atoms with E-state index < -0.39 is 23.4 Å². The summed E-state index contributed by atoms with van der Waals surface area (Å²) in [6.07, 6.45) is 0.334. The van der Waals surface area contributed by atoms with Crippen molar-refractivity contribution in [3.05, 3.63) is 0 Å². The van der Waals surface area contributed by atoms with Gasteiger partial charge in [0.2, 0.25) is 0 Å². The minimum atomic E-state index is -0.466. The Balaban J connectivity index is 0.000000300. The number of carbonyl (C=O) groups excluding carboxylic acids is 2. The first-order valence-electron chi connectivity index (χ1n) is 11.0. The molecule has 0 aromatic carbocycles. The minimum absolute atomic E-state index is 0.192. The van der Waals surface area contributed by atoms with E-state index in [2.05, 4.69) is 0 Å².